The molecule has 0 aromatic rings. The fraction of sp³-hybridized carbons (Fsp3) is 0.744. The van der Waals surface area contributed by atoms with Gasteiger partial charge in [0.25, 0.3) is 0 Å². The van der Waals surface area contributed by atoms with E-state index < -0.39 is 6.10 Å². The van der Waals surface area contributed by atoms with Gasteiger partial charge < -0.3 is 14.6 Å². The number of aliphatic hydroxyl groups excluding tert-OH is 1. The van der Waals surface area contributed by atoms with Crippen LogP contribution >= 0.6 is 0 Å². The molecule has 0 fully saturated rings. The van der Waals surface area contributed by atoms with Crippen LogP contribution in [0.15, 0.2) is 48.6 Å². The Morgan fingerprint density at radius 3 is 1.57 bits per heavy atom. The van der Waals surface area contributed by atoms with Gasteiger partial charge in [0.1, 0.15) is 6.61 Å². The maximum atomic E-state index is 12.1. The first-order valence-corrected chi connectivity index (χ1v) is 20.1. The summed E-state index contributed by atoms with van der Waals surface area (Å²) in [6.07, 6.45) is 44.4. The van der Waals surface area contributed by atoms with Gasteiger partial charge in [0.05, 0.1) is 6.61 Å². The first-order chi connectivity index (χ1) is 24.0. The van der Waals surface area contributed by atoms with Crippen molar-refractivity contribution in [3.8, 4) is 0 Å². The summed E-state index contributed by atoms with van der Waals surface area (Å²) in [7, 11) is 0. The lowest BCUT2D eigenvalue weighted by Crippen LogP contribution is -2.28. The van der Waals surface area contributed by atoms with Crippen molar-refractivity contribution in [1.82, 2.24) is 0 Å². The predicted octanol–water partition coefficient (Wildman–Crippen LogP) is 11.8. The van der Waals surface area contributed by atoms with Gasteiger partial charge in [-0.15, -0.1) is 0 Å². The summed E-state index contributed by atoms with van der Waals surface area (Å²) < 4.78 is 10.5. The molecule has 6 nitrogen and oxygen atoms in total. The summed E-state index contributed by atoms with van der Waals surface area (Å²) in [4.78, 5) is 35.9. The van der Waals surface area contributed by atoms with Crippen LogP contribution in [0, 0.1) is 0 Å². The highest BCUT2D eigenvalue weighted by atomic mass is 16.6. The van der Waals surface area contributed by atoms with Crippen LogP contribution in [0.2, 0.25) is 0 Å². The second kappa shape index (κ2) is 38.3. The molecule has 0 aliphatic carbocycles. The van der Waals surface area contributed by atoms with Gasteiger partial charge in [-0.1, -0.05) is 172 Å². The van der Waals surface area contributed by atoms with E-state index in [0.29, 0.717) is 19.3 Å². The summed E-state index contributed by atoms with van der Waals surface area (Å²) >= 11 is 0. The van der Waals surface area contributed by atoms with E-state index in [1.54, 1.807) is 6.08 Å². The number of ether oxygens (including phenoxy) is 2. The number of hydrogen-bond donors (Lipinski definition) is 1. The van der Waals surface area contributed by atoms with Crippen LogP contribution < -0.4 is 0 Å². The number of esters is 2. The number of allylic oxidation sites excluding steroid dienone is 8. The fourth-order valence-corrected chi connectivity index (χ4v) is 5.50. The van der Waals surface area contributed by atoms with Crippen molar-refractivity contribution < 1.29 is 29.0 Å². The molecule has 0 spiro atoms. The van der Waals surface area contributed by atoms with Crippen LogP contribution in [0.4, 0.5) is 0 Å². The maximum Gasteiger partial charge on any atom is 0.306 e. The minimum atomic E-state index is -0.816. The van der Waals surface area contributed by atoms with Crippen molar-refractivity contribution >= 4 is 17.7 Å². The van der Waals surface area contributed by atoms with E-state index in [2.05, 4.69) is 32.1 Å². The van der Waals surface area contributed by atoms with E-state index in [9.17, 15) is 19.5 Å². The number of rotatable bonds is 36. The Labute approximate surface area is 301 Å². The smallest absolute Gasteiger partial charge is 0.306 e. The highest BCUT2D eigenvalue weighted by Gasteiger charge is 2.16. The molecule has 0 unspecified atom stereocenters. The molecule has 0 heterocycles. The molecule has 282 valence electrons. The minimum absolute atomic E-state index is 0.102. The number of ketones is 1. The van der Waals surface area contributed by atoms with Crippen molar-refractivity contribution in [1.29, 1.82) is 0 Å². The van der Waals surface area contributed by atoms with E-state index >= 15 is 0 Å². The van der Waals surface area contributed by atoms with Crippen LogP contribution in [0.1, 0.15) is 187 Å². The number of hydrogen-bond acceptors (Lipinski definition) is 6. The van der Waals surface area contributed by atoms with Gasteiger partial charge in [-0.2, -0.15) is 0 Å². The van der Waals surface area contributed by atoms with E-state index in [-0.39, 0.29) is 37.4 Å². The Morgan fingerprint density at radius 1 is 0.531 bits per heavy atom. The first-order valence-electron chi connectivity index (χ1n) is 20.1. The Kier molecular flexibility index (Phi) is 36.4. The van der Waals surface area contributed by atoms with Gasteiger partial charge in [-0.3, -0.25) is 14.4 Å². The molecule has 0 rings (SSSR count). The van der Waals surface area contributed by atoms with E-state index in [0.717, 1.165) is 57.8 Å². The van der Waals surface area contributed by atoms with Crippen LogP contribution in [-0.2, 0) is 23.9 Å². The average Bonchev–Trinajstić information content (AvgIpc) is 3.10. The molecule has 0 aliphatic heterocycles. The van der Waals surface area contributed by atoms with Crippen LogP contribution in [0.5, 0.6) is 0 Å². The van der Waals surface area contributed by atoms with E-state index in [1.165, 1.54) is 89.9 Å². The van der Waals surface area contributed by atoms with Gasteiger partial charge in [-0.25, -0.2) is 0 Å². The standard InChI is InChI=1S/C43H74O6/c1-3-5-7-8-9-10-11-12-13-14-15-16-19-22-25-28-32-36-42(46)48-39-41(38-44)49-43(47)37-33-29-26-23-20-17-18-21-24-27-31-35-40(45)34-30-6-4-2/h17-18,23-24,26-27,31,35,41,44H,3-16,19-22,25,28-30,32-34,36-39H2,1-2H3/b18-17-,26-23-,27-24-,35-31+/t41-/m0/s1. The zero-order valence-electron chi connectivity index (χ0n) is 31.7. The zero-order chi connectivity index (χ0) is 35.9. The normalized spacial score (nSPS) is 12.6. The monoisotopic (exact) mass is 687 g/mol. The summed E-state index contributed by atoms with van der Waals surface area (Å²) in [6.45, 7) is 3.93. The summed E-state index contributed by atoms with van der Waals surface area (Å²) in [5, 5.41) is 9.54. The van der Waals surface area contributed by atoms with Crippen molar-refractivity contribution in [2.75, 3.05) is 13.2 Å². The molecule has 0 amide bonds. The van der Waals surface area contributed by atoms with Crippen molar-refractivity contribution in [2.24, 2.45) is 0 Å². The lowest BCUT2D eigenvalue weighted by atomic mass is 10.0. The number of aliphatic hydroxyl groups is 1. The maximum absolute atomic E-state index is 12.1. The molecule has 0 aromatic carbocycles. The Bertz CT molecular complexity index is 887. The number of carbonyl (C=O) groups is 3. The lowest BCUT2D eigenvalue weighted by Gasteiger charge is -2.15. The van der Waals surface area contributed by atoms with Gasteiger partial charge >= 0.3 is 11.9 Å². The molecule has 0 saturated carbocycles. The fourth-order valence-electron chi connectivity index (χ4n) is 5.50. The summed E-state index contributed by atoms with van der Waals surface area (Å²) in [5.41, 5.74) is 0. The molecule has 0 aliphatic rings. The lowest BCUT2D eigenvalue weighted by molar-refractivity contribution is -0.161. The summed E-state index contributed by atoms with van der Waals surface area (Å²) in [6, 6.07) is 0. The average molecular weight is 687 g/mol. The zero-order valence-corrected chi connectivity index (χ0v) is 31.7. The van der Waals surface area contributed by atoms with Crippen LogP contribution in [0.3, 0.4) is 0 Å². The van der Waals surface area contributed by atoms with Gasteiger partial charge in [-0.05, 0) is 44.6 Å². The third kappa shape index (κ3) is 36.6. The first kappa shape index (κ1) is 46.5. The second-order valence-electron chi connectivity index (χ2n) is 13.4. The van der Waals surface area contributed by atoms with Crippen molar-refractivity contribution in [2.45, 2.75) is 193 Å². The predicted molar refractivity (Wildman–Crippen MR) is 205 cm³/mol. The second-order valence-corrected chi connectivity index (χ2v) is 13.4. The van der Waals surface area contributed by atoms with Crippen LogP contribution in [-0.4, -0.2) is 42.1 Å². The minimum Gasteiger partial charge on any atom is -0.462 e. The van der Waals surface area contributed by atoms with Gasteiger partial charge in [0.2, 0.25) is 0 Å². The highest BCUT2D eigenvalue weighted by molar-refractivity contribution is 5.89. The molecular formula is C43H74O6. The van der Waals surface area contributed by atoms with Gasteiger partial charge in [0, 0.05) is 19.3 Å². The molecule has 49 heavy (non-hydrogen) atoms. The van der Waals surface area contributed by atoms with E-state index in [4.69, 9.17) is 9.47 Å². The largest absolute Gasteiger partial charge is 0.462 e. The van der Waals surface area contributed by atoms with Crippen molar-refractivity contribution in [3.63, 3.8) is 0 Å². The van der Waals surface area contributed by atoms with Crippen LogP contribution in [0.25, 0.3) is 0 Å². The third-order valence-electron chi connectivity index (χ3n) is 8.60. The molecule has 1 N–H and O–H groups in total. The van der Waals surface area contributed by atoms with E-state index in [1.807, 2.05) is 24.3 Å². The Hall–Kier alpha value is -2.47. The molecule has 1 atom stereocenters. The molecule has 6 heteroatoms. The highest BCUT2D eigenvalue weighted by Crippen LogP contribution is 2.14. The molecular weight excluding hydrogens is 612 g/mol. The SMILES string of the molecule is CCCCCCCCCCCCCCCCCCCC(=O)OC[C@H](CO)OC(=O)CCC/C=C\C/C=C\C/C=C\C=C\C(=O)CCCCC. The van der Waals surface area contributed by atoms with Crippen molar-refractivity contribution in [3.05, 3.63) is 48.6 Å². The Balaban J connectivity index is 3.68. The molecule has 0 aromatic heterocycles. The number of carbonyl (C=O) groups excluding carboxylic acids is 3. The molecule has 0 saturated heterocycles. The topological polar surface area (TPSA) is 89.9 Å². The molecule has 0 bridgehead atoms. The Morgan fingerprint density at radius 2 is 1.00 bits per heavy atom. The van der Waals surface area contributed by atoms with Gasteiger partial charge in [0.15, 0.2) is 11.9 Å². The molecule has 0 radical (unpaired) electrons. The summed E-state index contributed by atoms with van der Waals surface area (Å²) in [5.74, 6) is -0.501. The quantitative estimate of drug-likeness (QED) is 0.0232. The number of unbranched alkanes of at least 4 members (excludes halogenated alkanes) is 19. The third-order valence-corrected chi connectivity index (χ3v) is 8.60.